The van der Waals surface area contributed by atoms with Crippen LogP contribution in [-0.4, -0.2) is 10.7 Å². The zero-order valence-electron chi connectivity index (χ0n) is 26.6. The molecule has 2 heteroatoms. The Bertz CT molecular complexity index is 2280. The van der Waals surface area contributed by atoms with E-state index in [1.807, 2.05) is 6.20 Å². The molecule has 2 heterocycles. The molecule has 0 saturated heterocycles. The summed E-state index contributed by atoms with van der Waals surface area (Å²) in [6, 6.07) is 44.3. The largest absolute Gasteiger partial charge is 0.255 e. The van der Waals surface area contributed by atoms with Gasteiger partial charge in [0.15, 0.2) is 0 Å². The van der Waals surface area contributed by atoms with Crippen LogP contribution in [0.5, 0.6) is 0 Å². The highest BCUT2D eigenvalue weighted by molar-refractivity contribution is 6.21. The third-order valence-corrected chi connectivity index (χ3v) is 9.53. The number of rotatable bonds is 5. The van der Waals surface area contributed by atoms with Gasteiger partial charge in [-0.3, -0.25) is 9.98 Å². The second-order valence-electron chi connectivity index (χ2n) is 12.7. The summed E-state index contributed by atoms with van der Waals surface area (Å²) in [5.74, 6) is 0.458. The Morgan fingerprint density at radius 1 is 0.587 bits per heavy atom. The number of aliphatic imine (C=N–C) groups is 1. The highest BCUT2D eigenvalue weighted by Crippen LogP contribution is 2.44. The van der Waals surface area contributed by atoms with Crippen molar-refractivity contribution in [3.8, 4) is 22.3 Å². The van der Waals surface area contributed by atoms with E-state index in [-0.39, 0.29) is 0 Å². The smallest absolute Gasteiger partial charge is 0.0876 e. The van der Waals surface area contributed by atoms with Gasteiger partial charge in [0, 0.05) is 11.8 Å². The van der Waals surface area contributed by atoms with E-state index in [0.29, 0.717) is 5.92 Å². The van der Waals surface area contributed by atoms with E-state index >= 15 is 0 Å². The van der Waals surface area contributed by atoms with Gasteiger partial charge in [0.1, 0.15) is 0 Å². The lowest BCUT2D eigenvalue weighted by atomic mass is 9.85. The van der Waals surface area contributed by atoms with Crippen molar-refractivity contribution in [2.45, 2.75) is 39.5 Å². The van der Waals surface area contributed by atoms with Crippen LogP contribution in [0.4, 0.5) is 0 Å². The van der Waals surface area contributed by atoms with E-state index < -0.39 is 0 Å². The Hall–Kier alpha value is -5.34. The van der Waals surface area contributed by atoms with Gasteiger partial charge in [0.25, 0.3) is 0 Å². The zero-order chi connectivity index (χ0) is 31.2. The van der Waals surface area contributed by atoms with Gasteiger partial charge in [0.2, 0.25) is 0 Å². The second kappa shape index (κ2) is 11.5. The number of hydrogen-bond donors (Lipinski definition) is 0. The monoisotopic (exact) mass is 592 g/mol. The van der Waals surface area contributed by atoms with E-state index in [1.165, 1.54) is 65.7 Å². The number of benzene rings is 6. The minimum Gasteiger partial charge on any atom is -0.255 e. The van der Waals surface area contributed by atoms with Crippen molar-refractivity contribution < 1.29 is 0 Å². The van der Waals surface area contributed by atoms with Gasteiger partial charge in [-0.15, -0.1) is 0 Å². The van der Waals surface area contributed by atoms with Crippen molar-refractivity contribution in [2.24, 2.45) is 4.99 Å². The van der Waals surface area contributed by atoms with Crippen LogP contribution >= 0.6 is 0 Å². The van der Waals surface area contributed by atoms with Gasteiger partial charge < -0.3 is 0 Å². The van der Waals surface area contributed by atoms with E-state index in [0.717, 1.165) is 35.5 Å². The molecule has 46 heavy (non-hydrogen) atoms. The number of hydrogen-bond acceptors (Lipinski definition) is 2. The van der Waals surface area contributed by atoms with E-state index in [1.54, 1.807) is 0 Å². The first-order chi connectivity index (χ1) is 22.6. The first kappa shape index (κ1) is 28.2. The van der Waals surface area contributed by atoms with E-state index in [2.05, 4.69) is 148 Å². The Labute approximate surface area is 270 Å². The molecule has 222 valence electrons. The lowest BCUT2D eigenvalue weighted by Crippen LogP contribution is -2.11. The minimum atomic E-state index is 0.458. The second-order valence-corrected chi connectivity index (χ2v) is 12.7. The molecule has 0 unspecified atom stereocenters. The first-order valence-electron chi connectivity index (χ1n) is 16.3. The molecule has 8 rings (SSSR count). The Balaban J connectivity index is 1.27. The zero-order valence-corrected chi connectivity index (χ0v) is 26.6. The van der Waals surface area contributed by atoms with Crippen molar-refractivity contribution >= 4 is 43.7 Å². The highest BCUT2D eigenvalue weighted by Gasteiger charge is 2.19. The minimum absolute atomic E-state index is 0.458. The highest BCUT2D eigenvalue weighted by atomic mass is 14.8. The molecule has 1 aliphatic rings. The van der Waals surface area contributed by atoms with Crippen LogP contribution in [0.15, 0.2) is 139 Å². The van der Waals surface area contributed by atoms with Gasteiger partial charge in [-0.1, -0.05) is 123 Å². The van der Waals surface area contributed by atoms with Crippen molar-refractivity contribution in [1.29, 1.82) is 0 Å². The Morgan fingerprint density at radius 3 is 1.83 bits per heavy atom. The number of pyridine rings is 1. The molecular weight excluding hydrogens is 556 g/mol. The van der Waals surface area contributed by atoms with Crippen LogP contribution in [0, 0.1) is 6.92 Å². The lowest BCUT2D eigenvalue weighted by Gasteiger charge is -2.18. The molecule has 0 N–H and O–H groups in total. The maximum Gasteiger partial charge on any atom is 0.0876 e. The number of allylic oxidation sites excluding steroid dienone is 1. The van der Waals surface area contributed by atoms with Gasteiger partial charge >= 0.3 is 0 Å². The summed E-state index contributed by atoms with van der Waals surface area (Å²) >= 11 is 0. The lowest BCUT2D eigenvalue weighted by molar-refractivity contribution is 0.849. The summed E-state index contributed by atoms with van der Waals surface area (Å²) in [4.78, 5) is 9.99. The average Bonchev–Trinajstić information content (AvgIpc) is 3.10. The topological polar surface area (TPSA) is 25.2 Å². The Morgan fingerprint density at radius 2 is 1.17 bits per heavy atom. The van der Waals surface area contributed by atoms with Crippen LogP contribution in [0.2, 0.25) is 0 Å². The quantitative estimate of drug-likeness (QED) is 0.183. The van der Waals surface area contributed by atoms with E-state index in [9.17, 15) is 0 Å². The Kier molecular flexibility index (Phi) is 7.07. The van der Waals surface area contributed by atoms with Crippen LogP contribution in [0.1, 0.15) is 55.0 Å². The first-order valence-corrected chi connectivity index (χ1v) is 16.3. The molecule has 2 nitrogen and oxygen atoms in total. The summed E-state index contributed by atoms with van der Waals surface area (Å²) in [6.07, 6.45) is 6.09. The normalized spacial score (nSPS) is 13.4. The molecule has 0 amide bonds. The third kappa shape index (κ3) is 4.82. The van der Waals surface area contributed by atoms with Gasteiger partial charge in [0.05, 0.1) is 17.1 Å². The van der Waals surface area contributed by atoms with Crippen LogP contribution < -0.4 is 0 Å². The van der Waals surface area contributed by atoms with Gasteiger partial charge in [-0.05, 0) is 110 Å². The molecule has 0 saturated carbocycles. The SMILES string of the molecule is Cc1c(C(C)C)ccnc1C1=NC(c2ccc3ccc(-c4c5ccccc5c(-c5ccccc5)c5ccccc45)cc3c2)=CCC1. The van der Waals surface area contributed by atoms with Crippen molar-refractivity contribution in [3.05, 3.63) is 156 Å². The third-order valence-electron chi connectivity index (χ3n) is 9.53. The van der Waals surface area contributed by atoms with Gasteiger partial charge in [-0.25, -0.2) is 0 Å². The van der Waals surface area contributed by atoms with Crippen LogP contribution in [0.25, 0.3) is 60.3 Å². The van der Waals surface area contributed by atoms with Crippen LogP contribution in [-0.2, 0) is 0 Å². The number of aromatic nitrogens is 1. The molecule has 0 aliphatic carbocycles. The molecule has 0 spiro atoms. The van der Waals surface area contributed by atoms with Crippen molar-refractivity contribution in [3.63, 3.8) is 0 Å². The summed E-state index contributed by atoms with van der Waals surface area (Å²) in [7, 11) is 0. The summed E-state index contributed by atoms with van der Waals surface area (Å²) in [5, 5.41) is 7.53. The summed E-state index contributed by atoms with van der Waals surface area (Å²) in [6.45, 7) is 6.68. The standard InChI is InChI=1S/C44H36N2/c1-28(2)35-24-25-45-44(29(35)3)41-19-11-18-40(46-41)32-22-20-30-21-23-33(27-34(30)26-32)43-38-16-9-7-14-36(38)42(31-12-5-4-6-13-31)37-15-8-10-17-39(37)43/h4-10,12-18,20-28H,11,19H2,1-3H3. The molecule has 0 radical (unpaired) electrons. The number of nitrogens with zero attached hydrogens (tertiary/aromatic N) is 2. The molecule has 1 aliphatic heterocycles. The molecule has 0 bridgehead atoms. The molecule has 0 fully saturated rings. The van der Waals surface area contributed by atoms with Crippen LogP contribution in [0.3, 0.4) is 0 Å². The molecule has 1 aromatic heterocycles. The molecular formula is C44H36N2. The number of fused-ring (bicyclic) bond motifs is 3. The molecule has 0 atom stereocenters. The maximum absolute atomic E-state index is 5.21. The van der Waals surface area contributed by atoms with E-state index in [4.69, 9.17) is 9.98 Å². The fourth-order valence-electron chi connectivity index (χ4n) is 7.33. The fourth-order valence-corrected chi connectivity index (χ4v) is 7.33. The maximum atomic E-state index is 5.21. The fraction of sp³-hybridized carbons (Fsp3) is 0.136. The predicted octanol–water partition coefficient (Wildman–Crippen LogP) is 11.9. The molecule has 6 aromatic carbocycles. The van der Waals surface area contributed by atoms with Gasteiger partial charge in [-0.2, -0.15) is 0 Å². The van der Waals surface area contributed by atoms with Crippen molar-refractivity contribution in [1.82, 2.24) is 4.98 Å². The molecule has 7 aromatic rings. The summed E-state index contributed by atoms with van der Waals surface area (Å²) < 4.78 is 0. The summed E-state index contributed by atoms with van der Waals surface area (Å²) in [5.41, 5.74) is 11.9. The predicted molar refractivity (Wildman–Crippen MR) is 197 cm³/mol. The average molecular weight is 593 g/mol. The van der Waals surface area contributed by atoms with Crippen molar-refractivity contribution in [2.75, 3.05) is 0 Å².